The predicted molar refractivity (Wildman–Crippen MR) is 80.3 cm³/mol. The molecule has 3 heteroatoms. The Kier molecular flexibility index (Phi) is 4.18. The topological polar surface area (TPSA) is 36.5 Å². The van der Waals surface area contributed by atoms with Crippen molar-refractivity contribution < 1.29 is 9.77 Å². The molecule has 0 fully saturated rings. The van der Waals surface area contributed by atoms with Gasteiger partial charge in [-0.3, -0.25) is 0 Å². The molecule has 0 amide bonds. The first kappa shape index (κ1) is 14.3. The molecule has 0 aliphatic heterocycles. The summed E-state index contributed by atoms with van der Waals surface area (Å²) >= 11 is 0. The monoisotopic (exact) mass is 269 g/mol. The first-order valence-electron chi connectivity index (χ1n) is 6.75. The molecule has 1 aromatic carbocycles. The number of pyridine rings is 1. The Morgan fingerprint density at radius 3 is 2.45 bits per heavy atom. The molecule has 0 unspecified atom stereocenters. The first-order valence-corrected chi connectivity index (χ1v) is 6.75. The zero-order valence-corrected chi connectivity index (χ0v) is 12.2. The Balaban J connectivity index is 2.16. The quantitative estimate of drug-likeness (QED) is 0.395. The van der Waals surface area contributed by atoms with Crippen molar-refractivity contribution in [3.05, 3.63) is 65.5 Å². The Labute approximate surface area is 120 Å². The highest BCUT2D eigenvalue weighted by Crippen LogP contribution is 2.22. The van der Waals surface area contributed by atoms with Gasteiger partial charge in [-0.25, -0.2) is 4.57 Å². The van der Waals surface area contributed by atoms with Gasteiger partial charge < -0.3 is 5.21 Å². The van der Waals surface area contributed by atoms with Gasteiger partial charge in [0, 0.05) is 11.6 Å². The Bertz CT molecular complexity index is 595. The summed E-state index contributed by atoms with van der Waals surface area (Å²) in [4.78, 5) is 0. The van der Waals surface area contributed by atoms with Crippen LogP contribution >= 0.6 is 0 Å². The van der Waals surface area contributed by atoms with Gasteiger partial charge in [0.05, 0.1) is 11.8 Å². The molecule has 0 saturated carbocycles. The van der Waals surface area contributed by atoms with Crippen molar-refractivity contribution in [3.63, 3.8) is 0 Å². The molecule has 0 saturated heterocycles. The molecule has 3 nitrogen and oxygen atoms in total. The van der Waals surface area contributed by atoms with E-state index in [0.29, 0.717) is 0 Å². The Morgan fingerprint density at radius 2 is 1.85 bits per heavy atom. The normalized spacial score (nSPS) is 11.9. The lowest BCUT2D eigenvalue weighted by molar-refractivity contribution is -0.688. The third-order valence-corrected chi connectivity index (χ3v) is 3.27. The maximum absolute atomic E-state index is 8.57. The van der Waals surface area contributed by atoms with Gasteiger partial charge in [0.2, 0.25) is 0 Å². The lowest BCUT2D eigenvalue weighted by Gasteiger charge is -2.18. The molecule has 0 radical (unpaired) electrons. The van der Waals surface area contributed by atoms with E-state index in [1.807, 2.05) is 24.5 Å². The van der Waals surface area contributed by atoms with E-state index in [1.54, 1.807) is 0 Å². The van der Waals surface area contributed by atoms with Crippen LogP contribution in [-0.2, 0) is 12.0 Å². The highest BCUT2D eigenvalue weighted by molar-refractivity contribution is 5.77. The first-order chi connectivity index (χ1) is 9.49. The van der Waals surface area contributed by atoms with E-state index in [0.717, 1.165) is 12.1 Å². The van der Waals surface area contributed by atoms with Crippen molar-refractivity contribution in [2.45, 2.75) is 32.7 Å². The van der Waals surface area contributed by atoms with Crippen molar-refractivity contribution in [2.75, 3.05) is 0 Å². The summed E-state index contributed by atoms with van der Waals surface area (Å²) < 4.78 is 2.07. The van der Waals surface area contributed by atoms with Crippen molar-refractivity contribution in [1.82, 2.24) is 0 Å². The van der Waals surface area contributed by atoms with Gasteiger partial charge in [-0.2, -0.15) is 0 Å². The molecule has 20 heavy (non-hydrogen) atoms. The fourth-order valence-corrected chi connectivity index (χ4v) is 2.10. The van der Waals surface area contributed by atoms with Gasteiger partial charge in [-0.15, -0.1) is 0 Å². The molecular weight excluding hydrogens is 248 g/mol. The van der Waals surface area contributed by atoms with Crippen LogP contribution in [0, 0.1) is 0 Å². The van der Waals surface area contributed by atoms with Crippen LogP contribution in [0.15, 0.2) is 53.9 Å². The van der Waals surface area contributed by atoms with Gasteiger partial charge in [0.25, 0.3) is 0 Å². The van der Waals surface area contributed by atoms with Crippen molar-refractivity contribution in [1.29, 1.82) is 0 Å². The second-order valence-electron chi connectivity index (χ2n) is 6.00. The summed E-state index contributed by atoms with van der Waals surface area (Å²) in [5, 5.41) is 11.6. The highest BCUT2D eigenvalue weighted by Gasteiger charge is 2.13. The molecule has 2 aromatic rings. The van der Waals surface area contributed by atoms with E-state index in [1.165, 1.54) is 17.3 Å². The van der Waals surface area contributed by atoms with Gasteiger partial charge in [0.1, 0.15) is 0 Å². The van der Waals surface area contributed by atoms with E-state index < -0.39 is 0 Å². The average molecular weight is 269 g/mol. The number of benzene rings is 1. The molecule has 0 atom stereocenters. The van der Waals surface area contributed by atoms with Crippen molar-refractivity contribution in [3.8, 4) is 0 Å². The number of hydrogen-bond acceptors (Lipinski definition) is 2. The fourth-order valence-electron chi connectivity index (χ4n) is 2.10. The lowest BCUT2D eigenvalue weighted by Crippen LogP contribution is -2.33. The van der Waals surface area contributed by atoms with Crippen LogP contribution in [0.25, 0.3) is 0 Å². The summed E-state index contributed by atoms with van der Waals surface area (Å²) in [6.45, 7) is 7.45. The fraction of sp³-hybridized carbons (Fsp3) is 0.294. The SMILES string of the molecule is CC(C)(C)c1ccc(C[n+]2cccc(/C=N\O)c2)cc1. The van der Waals surface area contributed by atoms with Crippen LogP contribution in [0.2, 0.25) is 0 Å². The van der Waals surface area contributed by atoms with Crippen LogP contribution in [0.5, 0.6) is 0 Å². The standard InChI is InChI=1S/C17H20N2O/c1-17(2,3)16-8-6-14(7-9-16)12-19-10-4-5-15(13-19)11-18-20/h4-11,13H,12H2,1-3H3/p+1/b18-11-. The number of rotatable bonds is 3. The van der Waals surface area contributed by atoms with Crippen LogP contribution in [0.1, 0.15) is 37.5 Å². The van der Waals surface area contributed by atoms with Gasteiger partial charge in [-0.05, 0) is 17.0 Å². The lowest BCUT2D eigenvalue weighted by atomic mass is 9.87. The molecule has 0 aliphatic carbocycles. The second kappa shape index (κ2) is 5.87. The zero-order chi connectivity index (χ0) is 14.6. The number of aromatic nitrogens is 1. The van der Waals surface area contributed by atoms with Gasteiger partial charge in [-0.1, -0.05) is 50.2 Å². The van der Waals surface area contributed by atoms with E-state index >= 15 is 0 Å². The molecule has 0 spiro atoms. The molecule has 1 heterocycles. The van der Waals surface area contributed by atoms with Crippen LogP contribution in [0.3, 0.4) is 0 Å². The third-order valence-electron chi connectivity index (χ3n) is 3.27. The van der Waals surface area contributed by atoms with Crippen LogP contribution < -0.4 is 4.57 Å². The van der Waals surface area contributed by atoms with E-state index in [2.05, 4.69) is 54.8 Å². The molecule has 1 N–H and O–H groups in total. The molecule has 0 aliphatic rings. The highest BCUT2D eigenvalue weighted by atomic mass is 16.4. The maximum Gasteiger partial charge on any atom is 0.178 e. The van der Waals surface area contributed by atoms with E-state index in [4.69, 9.17) is 5.21 Å². The van der Waals surface area contributed by atoms with Crippen molar-refractivity contribution >= 4 is 6.21 Å². The van der Waals surface area contributed by atoms with Gasteiger partial charge >= 0.3 is 0 Å². The summed E-state index contributed by atoms with van der Waals surface area (Å²) in [6.07, 6.45) is 5.39. The average Bonchev–Trinajstić information content (AvgIpc) is 2.39. The van der Waals surface area contributed by atoms with Crippen LogP contribution in [0.4, 0.5) is 0 Å². The molecular formula is C17H21N2O+. The molecule has 0 bridgehead atoms. The smallest absolute Gasteiger partial charge is 0.178 e. The maximum atomic E-state index is 8.57. The van der Waals surface area contributed by atoms with Crippen LogP contribution in [-0.4, -0.2) is 11.4 Å². The van der Waals surface area contributed by atoms with Crippen molar-refractivity contribution in [2.24, 2.45) is 5.16 Å². The van der Waals surface area contributed by atoms with E-state index in [9.17, 15) is 0 Å². The number of nitrogens with zero attached hydrogens (tertiary/aromatic N) is 2. The Morgan fingerprint density at radius 1 is 1.15 bits per heavy atom. The molecule has 2 rings (SSSR count). The summed E-state index contributed by atoms with van der Waals surface area (Å²) in [5.74, 6) is 0. The molecule has 1 aromatic heterocycles. The minimum Gasteiger partial charge on any atom is -0.411 e. The minimum atomic E-state index is 0.184. The largest absolute Gasteiger partial charge is 0.411 e. The number of hydrogen-bond donors (Lipinski definition) is 1. The molecule has 104 valence electrons. The number of oxime groups is 1. The van der Waals surface area contributed by atoms with Gasteiger partial charge in [0.15, 0.2) is 18.9 Å². The zero-order valence-electron chi connectivity index (χ0n) is 12.2. The summed E-state index contributed by atoms with van der Waals surface area (Å²) in [7, 11) is 0. The third kappa shape index (κ3) is 3.67. The minimum absolute atomic E-state index is 0.184. The van der Waals surface area contributed by atoms with E-state index in [-0.39, 0.29) is 5.41 Å². The predicted octanol–water partition coefficient (Wildman–Crippen LogP) is 3.13. The Hall–Kier alpha value is -2.16. The summed E-state index contributed by atoms with van der Waals surface area (Å²) in [5.41, 5.74) is 3.65. The summed E-state index contributed by atoms with van der Waals surface area (Å²) in [6, 6.07) is 12.6. The second-order valence-corrected chi connectivity index (χ2v) is 6.00.